The predicted octanol–water partition coefficient (Wildman–Crippen LogP) is 5.39. The molecule has 1 aliphatic rings. The van der Waals surface area contributed by atoms with E-state index in [9.17, 15) is 22.4 Å². The first kappa shape index (κ1) is 22.0. The summed E-state index contributed by atoms with van der Waals surface area (Å²) in [6.07, 6.45) is -2.08. The first-order valence-electron chi connectivity index (χ1n) is 10.8. The lowest BCUT2D eigenvalue weighted by atomic mass is 10.1. The van der Waals surface area contributed by atoms with E-state index in [0.29, 0.717) is 43.9 Å². The summed E-state index contributed by atoms with van der Waals surface area (Å²) in [7, 11) is 0. The Morgan fingerprint density at radius 2 is 1.76 bits per heavy atom. The maximum Gasteiger partial charge on any atom is 0.418 e. The Hall–Kier alpha value is -3.82. The number of hydrogen-bond acceptors (Lipinski definition) is 3. The summed E-state index contributed by atoms with van der Waals surface area (Å²) >= 11 is 0. The molecular formula is C24H21F4N5O. The van der Waals surface area contributed by atoms with Gasteiger partial charge >= 0.3 is 12.2 Å². The zero-order valence-corrected chi connectivity index (χ0v) is 18.0. The average Bonchev–Trinajstić information content (AvgIpc) is 3.16. The molecule has 2 aromatic carbocycles. The van der Waals surface area contributed by atoms with Gasteiger partial charge in [-0.1, -0.05) is 12.1 Å². The molecule has 0 radical (unpaired) electrons. The average molecular weight is 471 g/mol. The highest BCUT2D eigenvalue weighted by Crippen LogP contribution is 2.34. The molecule has 0 spiro atoms. The van der Waals surface area contributed by atoms with Crippen LogP contribution < -0.4 is 10.2 Å². The number of hydrogen-bond donors (Lipinski definition) is 1. The van der Waals surface area contributed by atoms with Crippen molar-refractivity contribution >= 4 is 34.1 Å². The molecule has 1 N–H and O–H groups in total. The zero-order valence-electron chi connectivity index (χ0n) is 18.0. The number of nitrogens with one attached hydrogen (secondary N) is 1. The van der Waals surface area contributed by atoms with E-state index >= 15 is 0 Å². The van der Waals surface area contributed by atoms with Crippen LogP contribution in [0.3, 0.4) is 0 Å². The minimum absolute atomic E-state index is 0.269. The summed E-state index contributed by atoms with van der Waals surface area (Å²) in [5.41, 5.74) is 0.999. The van der Waals surface area contributed by atoms with Crippen LogP contribution in [-0.4, -0.2) is 46.5 Å². The molecule has 34 heavy (non-hydrogen) atoms. The Kier molecular flexibility index (Phi) is 5.51. The molecular weight excluding hydrogens is 450 g/mol. The van der Waals surface area contributed by atoms with Gasteiger partial charge in [-0.3, -0.25) is 0 Å². The lowest BCUT2D eigenvalue weighted by molar-refractivity contribution is -0.136. The number of halogens is 4. The quantitative estimate of drug-likeness (QED) is 0.399. The van der Waals surface area contributed by atoms with E-state index in [0.717, 1.165) is 17.1 Å². The van der Waals surface area contributed by atoms with Gasteiger partial charge in [0.15, 0.2) is 5.82 Å². The van der Waals surface area contributed by atoms with Crippen molar-refractivity contribution in [2.24, 2.45) is 0 Å². The van der Waals surface area contributed by atoms with Crippen molar-refractivity contribution in [3.63, 3.8) is 0 Å². The molecule has 176 valence electrons. The second-order valence-corrected chi connectivity index (χ2v) is 8.13. The van der Waals surface area contributed by atoms with Gasteiger partial charge in [0, 0.05) is 38.4 Å². The summed E-state index contributed by atoms with van der Waals surface area (Å²) in [4.78, 5) is 21.0. The van der Waals surface area contributed by atoms with Crippen LogP contribution in [0.15, 0.2) is 60.8 Å². The zero-order chi connectivity index (χ0) is 23.9. The van der Waals surface area contributed by atoms with Gasteiger partial charge in [-0.2, -0.15) is 13.2 Å². The Bertz CT molecular complexity index is 1370. The van der Waals surface area contributed by atoms with Crippen LogP contribution in [0.4, 0.5) is 33.9 Å². The summed E-state index contributed by atoms with van der Waals surface area (Å²) < 4.78 is 55.6. The van der Waals surface area contributed by atoms with Crippen molar-refractivity contribution in [2.45, 2.75) is 12.6 Å². The SMILES string of the molecule is O=C(Nc1ccccc1C(F)(F)F)N1CCCN(c2nc3cc(F)ccc3n3cccc23)CC1. The van der Waals surface area contributed by atoms with Crippen molar-refractivity contribution in [1.29, 1.82) is 0 Å². The Morgan fingerprint density at radius 1 is 0.941 bits per heavy atom. The lowest BCUT2D eigenvalue weighted by Gasteiger charge is -2.24. The summed E-state index contributed by atoms with van der Waals surface area (Å²) in [6, 6.07) is 12.6. The fraction of sp³-hybridized carbons (Fsp3) is 0.250. The van der Waals surface area contributed by atoms with E-state index in [1.165, 1.54) is 35.2 Å². The van der Waals surface area contributed by atoms with Crippen LogP contribution in [0.2, 0.25) is 0 Å². The molecule has 1 fully saturated rings. The Morgan fingerprint density at radius 3 is 2.59 bits per heavy atom. The van der Waals surface area contributed by atoms with E-state index in [-0.39, 0.29) is 11.5 Å². The molecule has 1 aliphatic heterocycles. The first-order chi connectivity index (χ1) is 16.3. The number of fused-ring (bicyclic) bond motifs is 3. The molecule has 10 heteroatoms. The third-order valence-corrected chi connectivity index (χ3v) is 5.96. The molecule has 0 saturated carbocycles. The second-order valence-electron chi connectivity index (χ2n) is 8.13. The van der Waals surface area contributed by atoms with Gasteiger partial charge < -0.3 is 19.5 Å². The smallest absolute Gasteiger partial charge is 0.353 e. The topological polar surface area (TPSA) is 52.9 Å². The van der Waals surface area contributed by atoms with Crippen molar-refractivity contribution in [3.05, 3.63) is 72.2 Å². The van der Waals surface area contributed by atoms with E-state index in [4.69, 9.17) is 4.98 Å². The number of urea groups is 1. The van der Waals surface area contributed by atoms with Crippen LogP contribution in [-0.2, 0) is 6.18 Å². The molecule has 1 saturated heterocycles. The van der Waals surface area contributed by atoms with Crippen LogP contribution in [0.25, 0.3) is 16.6 Å². The molecule has 0 bridgehead atoms. The van der Waals surface area contributed by atoms with Crippen LogP contribution >= 0.6 is 0 Å². The molecule has 0 unspecified atom stereocenters. The van der Waals surface area contributed by atoms with Gasteiger partial charge in [0.25, 0.3) is 0 Å². The monoisotopic (exact) mass is 471 g/mol. The number of para-hydroxylation sites is 1. The number of carbonyl (C=O) groups is 1. The normalized spacial score (nSPS) is 15.1. The van der Waals surface area contributed by atoms with Crippen molar-refractivity contribution in [3.8, 4) is 0 Å². The largest absolute Gasteiger partial charge is 0.418 e. The third-order valence-electron chi connectivity index (χ3n) is 5.96. The minimum atomic E-state index is -4.57. The van der Waals surface area contributed by atoms with Gasteiger partial charge in [0.1, 0.15) is 5.82 Å². The van der Waals surface area contributed by atoms with E-state index < -0.39 is 17.8 Å². The Balaban J connectivity index is 1.37. The van der Waals surface area contributed by atoms with Crippen molar-refractivity contribution in [1.82, 2.24) is 14.3 Å². The first-order valence-corrected chi connectivity index (χ1v) is 10.8. The number of aromatic nitrogens is 2. The molecule has 3 heterocycles. The van der Waals surface area contributed by atoms with E-state index in [1.807, 2.05) is 27.6 Å². The molecule has 6 nitrogen and oxygen atoms in total. The number of amides is 2. The highest BCUT2D eigenvalue weighted by Gasteiger charge is 2.34. The fourth-order valence-electron chi connectivity index (χ4n) is 4.33. The molecule has 4 aromatic rings. The number of anilines is 2. The van der Waals surface area contributed by atoms with E-state index in [1.54, 1.807) is 6.07 Å². The molecule has 2 amide bonds. The van der Waals surface area contributed by atoms with Gasteiger partial charge in [-0.05, 0) is 42.8 Å². The van der Waals surface area contributed by atoms with Gasteiger partial charge in [-0.15, -0.1) is 0 Å². The van der Waals surface area contributed by atoms with Crippen LogP contribution in [0.1, 0.15) is 12.0 Å². The number of nitrogens with zero attached hydrogens (tertiary/aromatic N) is 4. The maximum absolute atomic E-state index is 13.8. The number of benzene rings is 2. The maximum atomic E-state index is 13.8. The second kappa shape index (κ2) is 8.51. The summed E-state index contributed by atoms with van der Waals surface area (Å²) in [5.74, 6) is 0.295. The predicted molar refractivity (Wildman–Crippen MR) is 122 cm³/mol. The van der Waals surface area contributed by atoms with Gasteiger partial charge in [-0.25, -0.2) is 14.2 Å². The minimum Gasteiger partial charge on any atom is -0.353 e. The van der Waals surface area contributed by atoms with Crippen LogP contribution in [0.5, 0.6) is 0 Å². The summed E-state index contributed by atoms with van der Waals surface area (Å²) in [6.45, 7) is 1.71. The molecule has 2 aromatic heterocycles. The van der Waals surface area contributed by atoms with Gasteiger partial charge in [0.2, 0.25) is 0 Å². The Labute approximate surface area is 192 Å². The fourth-order valence-corrected chi connectivity index (χ4v) is 4.33. The highest BCUT2D eigenvalue weighted by atomic mass is 19.4. The molecule has 0 atom stereocenters. The standard InChI is InChI=1S/C24H21F4N5O/c25-16-8-9-20-19(15-16)29-22(21-7-3-12-33(20)21)31-10-4-11-32(14-13-31)23(34)30-18-6-2-1-5-17(18)24(26,27)28/h1-3,5-9,12,15H,4,10-11,13-14H2,(H,30,34). The molecule has 0 aliphatic carbocycles. The number of alkyl halides is 3. The van der Waals surface area contributed by atoms with Crippen LogP contribution in [0, 0.1) is 5.82 Å². The third kappa shape index (κ3) is 4.11. The summed E-state index contributed by atoms with van der Waals surface area (Å²) in [5, 5.41) is 2.41. The molecule has 5 rings (SSSR count). The highest BCUT2D eigenvalue weighted by molar-refractivity contribution is 5.90. The number of rotatable bonds is 2. The van der Waals surface area contributed by atoms with Crippen molar-refractivity contribution < 1.29 is 22.4 Å². The lowest BCUT2D eigenvalue weighted by Crippen LogP contribution is -2.38. The van der Waals surface area contributed by atoms with E-state index in [2.05, 4.69) is 5.32 Å². The van der Waals surface area contributed by atoms with Crippen molar-refractivity contribution in [2.75, 3.05) is 36.4 Å². The van der Waals surface area contributed by atoms with Gasteiger partial charge in [0.05, 0.1) is 27.8 Å². The number of carbonyl (C=O) groups excluding carboxylic acids is 1.